The van der Waals surface area contributed by atoms with Crippen LogP contribution in [0.15, 0.2) is 32.0 Å². The number of likely N-dealkylation sites (N-methyl/N-ethyl adjacent to an activating group) is 1. The standard InChI is InChI=1S/C15H22Br2N4O2S2/c1-19(2)6-5-18-15(24)20-7-9-21(10-8-20)25(22,23)14-11-12(16)3-4-13(14)17/h3-4,11H,5-10H2,1-2H3,(H,18,24)/p+1. The van der Waals surface area contributed by atoms with Crippen LogP contribution in [0.5, 0.6) is 0 Å². The van der Waals surface area contributed by atoms with Gasteiger partial charge in [0.15, 0.2) is 5.11 Å². The first-order valence-electron chi connectivity index (χ1n) is 7.99. The van der Waals surface area contributed by atoms with E-state index < -0.39 is 10.0 Å². The molecular weight excluding hydrogens is 492 g/mol. The molecule has 0 amide bonds. The predicted molar refractivity (Wildman–Crippen MR) is 110 cm³/mol. The van der Waals surface area contributed by atoms with Gasteiger partial charge in [0.05, 0.1) is 32.1 Å². The number of halogens is 2. The molecule has 0 spiro atoms. The summed E-state index contributed by atoms with van der Waals surface area (Å²) in [5.41, 5.74) is 0. The highest BCUT2D eigenvalue weighted by Gasteiger charge is 2.30. The molecule has 10 heteroatoms. The summed E-state index contributed by atoms with van der Waals surface area (Å²) in [5, 5.41) is 3.94. The highest BCUT2D eigenvalue weighted by Crippen LogP contribution is 2.28. The van der Waals surface area contributed by atoms with Gasteiger partial charge in [-0.2, -0.15) is 4.31 Å². The molecule has 0 radical (unpaired) electrons. The van der Waals surface area contributed by atoms with Gasteiger partial charge in [0.25, 0.3) is 0 Å². The van der Waals surface area contributed by atoms with Crippen LogP contribution in [-0.4, -0.2) is 76.1 Å². The Morgan fingerprint density at radius 3 is 2.48 bits per heavy atom. The fourth-order valence-corrected chi connectivity index (χ4v) is 5.65. The molecule has 0 unspecified atom stereocenters. The van der Waals surface area contributed by atoms with Crippen LogP contribution in [0.25, 0.3) is 0 Å². The lowest BCUT2D eigenvalue weighted by molar-refractivity contribution is -0.856. The summed E-state index contributed by atoms with van der Waals surface area (Å²) in [6.07, 6.45) is 0. The zero-order chi connectivity index (χ0) is 18.6. The zero-order valence-electron chi connectivity index (χ0n) is 14.3. The van der Waals surface area contributed by atoms with E-state index in [0.717, 1.165) is 17.6 Å². The molecule has 0 aromatic heterocycles. The number of nitrogens with one attached hydrogen (secondary N) is 2. The molecule has 0 bridgehead atoms. The molecule has 0 aliphatic carbocycles. The number of quaternary nitrogens is 1. The highest BCUT2D eigenvalue weighted by molar-refractivity contribution is 9.11. The van der Waals surface area contributed by atoms with Crippen LogP contribution in [0.4, 0.5) is 0 Å². The van der Waals surface area contributed by atoms with Gasteiger partial charge >= 0.3 is 0 Å². The molecule has 25 heavy (non-hydrogen) atoms. The molecule has 1 aliphatic rings. The Balaban J connectivity index is 1.97. The maximum Gasteiger partial charge on any atom is 0.244 e. The Bertz CT molecular complexity index is 720. The van der Waals surface area contributed by atoms with Crippen molar-refractivity contribution >= 4 is 59.2 Å². The second-order valence-corrected chi connectivity index (χ2v) is 10.2. The maximum absolute atomic E-state index is 12.9. The smallest absolute Gasteiger partial charge is 0.244 e. The van der Waals surface area contributed by atoms with Gasteiger partial charge in [0, 0.05) is 35.1 Å². The molecule has 1 aliphatic heterocycles. The topological polar surface area (TPSA) is 57.1 Å². The number of benzene rings is 1. The minimum atomic E-state index is -3.53. The second-order valence-electron chi connectivity index (χ2n) is 6.15. The molecule has 1 aromatic rings. The zero-order valence-corrected chi connectivity index (χ0v) is 19.1. The molecular formula is C15H23Br2N4O2S2+. The van der Waals surface area contributed by atoms with Crippen molar-refractivity contribution in [3.05, 3.63) is 27.1 Å². The van der Waals surface area contributed by atoms with Crippen LogP contribution in [0.2, 0.25) is 0 Å². The van der Waals surface area contributed by atoms with Crippen LogP contribution < -0.4 is 10.2 Å². The van der Waals surface area contributed by atoms with Crippen molar-refractivity contribution in [3.63, 3.8) is 0 Å². The number of hydrogen-bond donors (Lipinski definition) is 2. The summed E-state index contributed by atoms with van der Waals surface area (Å²) < 4.78 is 28.6. The lowest BCUT2D eigenvalue weighted by Crippen LogP contribution is -3.06. The minimum Gasteiger partial charge on any atom is -0.357 e. The minimum absolute atomic E-state index is 0.282. The number of thiocarbonyl (C=S) groups is 1. The third-order valence-electron chi connectivity index (χ3n) is 3.94. The van der Waals surface area contributed by atoms with Crippen LogP contribution in [-0.2, 0) is 10.0 Å². The van der Waals surface area contributed by atoms with Gasteiger partial charge in [-0.3, -0.25) is 0 Å². The molecule has 140 valence electrons. The third kappa shape index (κ3) is 5.61. The lowest BCUT2D eigenvalue weighted by atomic mass is 10.4. The summed E-state index contributed by atoms with van der Waals surface area (Å²) in [6, 6.07) is 5.17. The van der Waals surface area contributed by atoms with Crippen LogP contribution in [0, 0.1) is 0 Å². The van der Waals surface area contributed by atoms with Crippen molar-refractivity contribution in [1.82, 2.24) is 14.5 Å². The summed E-state index contributed by atoms with van der Waals surface area (Å²) in [7, 11) is 0.654. The molecule has 1 heterocycles. The average Bonchev–Trinajstić information content (AvgIpc) is 2.56. The Morgan fingerprint density at radius 2 is 1.88 bits per heavy atom. The Kier molecular flexibility index (Phi) is 7.66. The molecule has 2 N–H and O–H groups in total. The van der Waals surface area contributed by atoms with Gasteiger partial charge in [-0.15, -0.1) is 0 Å². The summed E-state index contributed by atoms with van der Waals surface area (Å²) in [6.45, 7) is 3.80. The molecule has 1 saturated heterocycles. The van der Waals surface area contributed by atoms with E-state index in [1.54, 1.807) is 18.2 Å². The summed E-state index contributed by atoms with van der Waals surface area (Å²) in [4.78, 5) is 3.67. The van der Waals surface area contributed by atoms with Gasteiger partial charge in [-0.05, 0) is 46.3 Å². The molecule has 0 saturated carbocycles. The molecule has 6 nitrogen and oxygen atoms in total. The van der Waals surface area contributed by atoms with E-state index in [4.69, 9.17) is 12.2 Å². The second kappa shape index (κ2) is 9.09. The number of hydrogen-bond acceptors (Lipinski definition) is 3. The summed E-state index contributed by atoms with van der Waals surface area (Å²) >= 11 is 12.1. The quantitative estimate of drug-likeness (QED) is 0.561. The average molecular weight is 515 g/mol. The van der Waals surface area contributed by atoms with Crippen molar-refractivity contribution < 1.29 is 13.3 Å². The Labute approximate surface area is 171 Å². The largest absolute Gasteiger partial charge is 0.357 e. The first kappa shape index (κ1) is 21.0. The van der Waals surface area contributed by atoms with E-state index in [1.807, 2.05) is 4.90 Å². The normalized spacial score (nSPS) is 16.3. The van der Waals surface area contributed by atoms with Gasteiger partial charge in [-0.1, -0.05) is 15.9 Å². The monoisotopic (exact) mass is 513 g/mol. The van der Waals surface area contributed by atoms with Crippen molar-refractivity contribution in [1.29, 1.82) is 0 Å². The first-order chi connectivity index (χ1) is 11.7. The van der Waals surface area contributed by atoms with Crippen molar-refractivity contribution in [2.75, 3.05) is 53.4 Å². The lowest BCUT2D eigenvalue weighted by Gasteiger charge is -2.35. The molecule has 1 aromatic carbocycles. The molecule has 0 atom stereocenters. The fraction of sp³-hybridized carbons (Fsp3) is 0.533. The van der Waals surface area contributed by atoms with E-state index in [0.29, 0.717) is 35.8 Å². The number of sulfonamides is 1. The van der Waals surface area contributed by atoms with Gasteiger partial charge in [0.2, 0.25) is 10.0 Å². The van der Waals surface area contributed by atoms with E-state index in [9.17, 15) is 8.42 Å². The van der Waals surface area contributed by atoms with Crippen molar-refractivity contribution in [3.8, 4) is 0 Å². The van der Waals surface area contributed by atoms with Gasteiger partial charge in [0.1, 0.15) is 0 Å². The molecule has 2 rings (SSSR count). The predicted octanol–water partition coefficient (Wildman–Crippen LogP) is 0.537. The maximum atomic E-state index is 12.9. The van der Waals surface area contributed by atoms with Crippen molar-refractivity contribution in [2.45, 2.75) is 4.90 Å². The first-order valence-corrected chi connectivity index (χ1v) is 11.4. The van der Waals surface area contributed by atoms with Crippen LogP contribution in [0.3, 0.4) is 0 Å². The SMILES string of the molecule is C[NH+](C)CCNC(=S)N1CCN(S(=O)(=O)c2cc(Br)ccc2Br)CC1. The van der Waals surface area contributed by atoms with E-state index >= 15 is 0 Å². The van der Waals surface area contributed by atoms with Crippen molar-refractivity contribution in [2.24, 2.45) is 0 Å². The van der Waals surface area contributed by atoms with E-state index in [2.05, 4.69) is 51.3 Å². The van der Waals surface area contributed by atoms with Gasteiger partial charge in [-0.25, -0.2) is 8.42 Å². The third-order valence-corrected chi connectivity index (χ3v) is 7.73. The van der Waals surface area contributed by atoms with Crippen LogP contribution >= 0.6 is 44.1 Å². The summed E-state index contributed by atoms with van der Waals surface area (Å²) in [5.74, 6) is 0. The Hall–Kier alpha value is -0.260. The highest BCUT2D eigenvalue weighted by atomic mass is 79.9. The number of nitrogens with zero attached hydrogens (tertiary/aromatic N) is 2. The fourth-order valence-electron chi connectivity index (χ4n) is 2.48. The van der Waals surface area contributed by atoms with Crippen LogP contribution in [0.1, 0.15) is 0 Å². The number of rotatable bonds is 5. The van der Waals surface area contributed by atoms with Gasteiger partial charge < -0.3 is 15.1 Å². The van der Waals surface area contributed by atoms with E-state index in [1.165, 1.54) is 9.21 Å². The van der Waals surface area contributed by atoms with E-state index in [-0.39, 0.29) is 4.90 Å². The molecule has 1 fully saturated rings. The Morgan fingerprint density at radius 1 is 1.24 bits per heavy atom. The number of piperazine rings is 1.